The molecule has 0 spiro atoms. The first-order chi connectivity index (χ1) is 14.2. The van der Waals surface area contributed by atoms with Gasteiger partial charge in [0.05, 0.1) is 11.3 Å². The second kappa shape index (κ2) is 8.72. The van der Waals surface area contributed by atoms with Crippen LogP contribution in [0.4, 0.5) is 17.5 Å². The molecule has 29 heavy (non-hydrogen) atoms. The van der Waals surface area contributed by atoms with E-state index in [2.05, 4.69) is 56.5 Å². The molecular weight excluding hydrogens is 360 g/mol. The van der Waals surface area contributed by atoms with Crippen LogP contribution in [0.3, 0.4) is 0 Å². The fourth-order valence-electron chi connectivity index (χ4n) is 3.56. The molecule has 6 heteroatoms. The Kier molecular flexibility index (Phi) is 5.68. The van der Waals surface area contributed by atoms with Gasteiger partial charge in [-0.1, -0.05) is 42.5 Å². The lowest BCUT2D eigenvalue weighted by Crippen LogP contribution is -2.46. The average molecular weight is 384 g/mol. The van der Waals surface area contributed by atoms with Crippen molar-refractivity contribution in [3.63, 3.8) is 0 Å². The Hall–Kier alpha value is -3.43. The number of hydrogen-bond acceptors (Lipinski definition) is 6. The molecule has 1 fully saturated rings. The summed E-state index contributed by atoms with van der Waals surface area (Å²) in [4.78, 5) is 14.0. The molecule has 1 aliphatic heterocycles. The fourth-order valence-corrected chi connectivity index (χ4v) is 3.56. The summed E-state index contributed by atoms with van der Waals surface area (Å²) in [6, 6.07) is 22.2. The van der Waals surface area contributed by atoms with Gasteiger partial charge in [0, 0.05) is 44.5 Å². The van der Waals surface area contributed by atoms with Crippen LogP contribution in [0.5, 0.6) is 0 Å². The minimum absolute atomic E-state index is 0.523. The molecule has 4 rings (SSSR count). The summed E-state index contributed by atoms with van der Waals surface area (Å²) in [7, 11) is 0. The number of nitriles is 1. The molecule has 146 valence electrons. The van der Waals surface area contributed by atoms with Gasteiger partial charge < -0.3 is 10.2 Å². The van der Waals surface area contributed by atoms with E-state index >= 15 is 0 Å². The first-order valence-electron chi connectivity index (χ1n) is 9.84. The highest BCUT2D eigenvalue weighted by Crippen LogP contribution is 2.22. The zero-order chi connectivity index (χ0) is 20.1. The molecule has 1 saturated heterocycles. The number of rotatable bonds is 5. The van der Waals surface area contributed by atoms with E-state index in [1.165, 1.54) is 5.56 Å². The van der Waals surface area contributed by atoms with Crippen LogP contribution >= 0.6 is 0 Å². The van der Waals surface area contributed by atoms with Crippen LogP contribution < -0.4 is 10.2 Å². The summed E-state index contributed by atoms with van der Waals surface area (Å²) in [5, 5.41) is 12.5. The number of aromatic nitrogens is 2. The summed E-state index contributed by atoms with van der Waals surface area (Å²) in [6.07, 6.45) is 0. The molecule has 0 aliphatic carbocycles. The third kappa shape index (κ3) is 4.71. The van der Waals surface area contributed by atoms with Crippen LogP contribution in [0.15, 0.2) is 60.7 Å². The smallest absolute Gasteiger partial charge is 0.229 e. The zero-order valence-corrected chi connectivity index (χ0v) is 16.5. The molecule has 2 heterocycles. The Labute approximate surface area is 171 Å². The van der Waals surface area contributed by atoms with E-state index in [4.69, 9.17) is 4.98 Å². The topological polar surface area (TPSA) is 68.1 Å². The van der Waals surface area contributed by atoms with Crippen molar-refractivity contribution in [3.05, 3.63) is 77.5 Å². The highest BCUT2D eigenvalue weighted by Gasteiger charge is 2.19. The number of aryl methyl sites for hydroxylation is 1. The Morgan fingerprint density at radius 3 is 2.45 bits per heavy atom. The van der Waals surface area contributed by atoms with Crippen molar-refractivity contribution < 1.29 is 0 Å². The zero-order valence-electron chi connectivity index (χ0n) is 16.5. The third-order valence-electron chi connectivity index (χ3n) is 5.08. The van der Waals surface area contributed by atoms with Gasteiger partial charge in [0.1, 0.15) is 11.9 Å². The highest BCUT2D eigenvalue weighted by molar-refractivity contribution is 5.63. The standard InChI is InChI=1S/C23H24N6/c1-18-15-22(27-23(25-18)26-21-10-6-5-9-20(21)16-24)29-13-11-28(12-14-29)17-19-7-3-2-4-8-19/h2-10,15H,11-14,17H2,1H3,(H,25,26,27). The number of hydrogen-bond donors (Lipinski definition) is 1. The molecule has 2 aromatic carbocycles. The highest BCUT2D eigenvalue weighted by atomic mass is 15.3. The normalized spacial score (nSPS) is 14.4. The molecule has 0 saturated carbocycles. The van der Waals surface area contributed by atoms with Crippen LogP contribution in [0, 0.1) is 18.3 Å². The lowest BCUT2D eigenvalue weighted by atomic mass is 10.2. The van der Waals surface area contributed by atoms with Gasteiger partial charge in [-0.15, -0.1) is 0 Å². The predicted molar refractivity (Wildman–Crippen MR) is 115 cm³/mol. The molecule has 0 amide bonds. The summed E-state index contributed by atoms with van der Waals surface area (Å²) in [5.41, 5.74) is 3.55. The Bertz CT molecular complexity index is 1000. The molecule has 1 N–H and O–H groups in total. The van der Waals surface area contributed by atoms with Gasteiger partial charge in [-0.05, 0) is 24.6 Å². The van der Waals surface area contributed by atoms with Gasteiger partial charge in [-0.2, -0.15) is 10.2 Å². The van der Waals surface area contributed by atoms with E-state index in [1.54, 1.807) is 6.07 Å². The molecule has 0 atom stereocenters. The predicted octanol–water partition coefficient (Wildman–Crippen LogP) is 3.72. The number of nitrogens with one attached hydrogen (secondary N) is 1. The number of nitrogens with zero attached hydrogens (tertiary/aromatic N) is 5. The van der Waals surface area contributed by atoms with Gasteiger partial charge >= 0.3 is 0 Å². The molecule has 3 aromatic rings. The van der Waals surface area contributed by atoms with Gasteiger partial charge in [0.15, 0.2) is 0 Å². The second-order valence-corrected chi connectivity index (χ2v) is 7.22. The second-order valence-electron chi connectivity index (χ2n) is 7.22. The Balaban J connectivity index is 1.44. The van der Waals surface area contributed by atoms with E-state index < -0.39 is 0 Å². The number of piperazine rings is 1. The molecular formula is C23H24N6. The summed E-state index contributed by atoms with van der Waals surface area (Å²) >= 11 is 0. The number of anilines is 3. The van der Waals surface area contributed by atoms with Crippen molar-refractivity contribution in [2.24, 2.45) is 0 Å². The van der Waals surface area contributed by atoms with Crippen molar-refractivity contribution in [1.29, 1.82) is 5.26 Å². The van der Waals surface area contributed by atoms with Gasteiger partial charge in [0.2, 0.25) is 5.95 Å². The maximum absolute atomic E-state index is 9.30. The molecule has 0 bridgehead atoms. The molecule has 1 aliphatic rings. The number of para-hydroxylation sites is 1. The molecule has 1 aromatic heterocycles. The summed E-state index contributed by atoms with van der Waals surface area (Å²) in [6.45, 7) is 6.80. The van der Waals surface area contributed by atoms with Crippen LogP contribution in [0.1, 0.15) is 16.8 Å². The van der Waals surface area contributed by atoms with Crippen LogP contribution in [-0.4, -0.2) is 41.0 Å². The van der Waals surface area contributed by atoms with Gasteiger partial charge in [-0.3, -0.25) is 4.90 Å². The first kappa shape index (κ1) is 18.9. The van der Waals surface area contributed by atoms with Crippen LogP contribution in [0.25, 0.3) is 0 Å². The van der Waals surface area contributed by atoms with Gasteiger partial charge in [-0.25, -0.2) is 4.98 Å². The van der Waals surface area contributed by atoms with E-state index in [0.717, 1.165) is 49.9 Å². The molecule has 0 radical (unpaired) electrons. The maximum atomic E-state index is 9.30. The van der Waals surface area contributed by atoms with Crippen molar-refractivity contribution in [2.45, 2.75) is 13.5 Å². The van der Waals surface area contributed by atoms with Crippen molar-refractivity contribution in [2.75, 3.05) is 36.4 Å². The van der Waals surface area contributed by atoms with Crippen molar-refractivity contribution in [1.82, 2.24) is 14.9 Å². The summed E-state index contributed by atoms with van der Waals surface area (Å²) in [5.74, 6) is 1.45. The lowest BCUT2D eigenvalue weighted by Gasteiger charge is -2.35. The largest absolute Gasteiger partial charge is 0.354 e. The van der Waals surface area contributed by atoms with Crippen LogP contribution in [-0.2, 0) is 6.54 Å². The fraction of sp³-hybridized carbons (Fsp3) is 0.261. The Morgan fingerprint density at radius 1 is 0.966 bits per heavy atom. The van der Waals surface area contributed by atoms with Crippen LogP contribution in [0.2, 0.25) is 0 Å². The molecule has 0 unspecified atom stereocenters. The lowest BCUT2D eigenvalue weighted by molar-refractivity contribution is 0.249. The van der Waals surface area contributed by atoms with E-state index in [9.17, 15) is 5.26 Å². The van der Waals surface area contributed by atoms with Crippen molar-refractivity contribution in [3.8, 4) is 6.07 Å². The number of benzene rings is 2. The minimum atomic E-state index is 0.523. The monoisotopic (exact) mass is 384 g/mol. The third-order valence-corrected chi connectivity index (χ3v) is 5.08. The minimum Gasteiger partial charge on any atom is -0.354 e. The summed E-state index contributed by atoms with van der Waals surface area (Å²) < 4.78 is 0. The maximum Gasteiger partial charge on any atom is 0.229 e. The average Bonchev–Trinajstić information content (AvgIpc) is 2.75. The molecule has 6 nitrogen and oxygen atoms in total. The SMILES string of the molecule is Cc1cc(N2CCN(Cc3ccccc3)CC2)nc(Nc2ccccc2C#N)n1. The first-order valence-corrected chi connectivity index (χ1v) is 9.84. The Morgan fingerprint density at radius 2 is 1.69 bits per heavy atom. The van der Waals surface area contributed by atoms with E-state index in [1.807, 2.05) is 31.2 Å². The van der Waals surface area contributed by atoms with E-state index in [0.29, 0.717) is 11.5 Å². The van der Waals surface area contributed by atoms with E-state index in [-0.39, 0.29) is 0 Å². The van der Waals surface area contributed by atoms with Crippen molar-refractivity contribution >= 4 is 17.5 Å². The quantitative estimate of drug-likeness (QED) is 0.723. The van der Waals surface area contributed by atoms with Gasteiger partial charge in [0.25, 0.3) is 0 Å².